The molecule has 0 aliphatic heterocycles. The fourth-order valence-electron chi connectivity index (χ4n) is 4.67. The first-order valence-electron chi connectivity index (χ1n) is 12.8. The van der Waals surface area contributed by atoms with Crippen LogP contribution in [-0.4, -0.2) is 17.1 Å². The second-order valence-electron chi connectivity index (χ2n) is 9.22. The van der Waals surface area contributed by atoms with Crippen molar-refractivity contribution < 1.29 is 9.53 Å². The minimum Gasteiger partial charge on any atom is -0.462 e. The lowest BCUT2D eigenvalue weighted by atomic mass is 10.0. The molecule has 2 aromatic carbocycles. The average molecular weight is 494 g/mol. The number of benzene rings is 2. The second kappa shape index (κ2) is 11.2. The van der Waals surface area contributed by atoms with Crippen LogP contribution in [0.25, 0.3) is 10.9 Å². The van der Waals surface area contributed by atoms with Crippen LogP contribution in [0.1, 0.15) is 43.0 Å². The van der Waals surface area contributed by atoms with Gasteiger partial charge in [-0.2, -0.15) is 0 Å². The van der Waals surface area contributed by atoms with Crippen molar-refractivity contribution in [3.63, 3.8) is 0 Å². The predicted octanol–water partition coefficient (Wildman–Crippen LogP) is 6.54. The van der Waals surface area contributed by atoms with Crippen LogP contribution in [0.3, 0.4) is 0 Å². The number of fused-ring (bicyclic) bond motifs is 1. The Morgan fingerprint density at radius 3 is 2.59 bits per heavy atom. The van der Waals surface area contributed by atoms with Gasteiger partial charge in [-0.15, -0.1) is 0 Å². The maximum absolute atomic E-state index is 13.2. The Labute approximate surface area is 216 Å². The van der Waals surface area contributed by atoms with Crippen molar-refractivity contribution in [3.8, 4) is 0 Å². The molecule has 3 aromatic rings. The molecule has 0 atom stereocenters. The van der Waals surface area contributed by atoms with Crippen LogP contribution < -0.4 is 16.1 Å². The molecular weight excluding hydrogens is 462 g/mol. The molecule has 1 heterocycles. The van der Waals surface area contributed by atoms with Gasteiger partial charge in [0.2, 0.25) is 5.43 Å². The van der Waals surface area contributed by atoms with Crippen molar-refractivity contribution in [2.45, 2.75) is 39.2 Å². The summed E-state index contributed by atoms with van der Waals surface area (Å²) in [7, 11) is 0. The number of para-hydroxylation sites is 1. The molecule has 0 radical (unpaired) electrons. The lowest BCUT2D eigenvalue weighted by Gasteiger charge is -2.20. The molecule has 2 aliphatic carbocycles. The van der Waals surface area contributed by atoms with Crippen molar-refractivity contribution >= 4 is 28.2 Å². The number of hydrogen-bond donors (Lipinski definition) is 2. The van der Waals surface area contributed by atoms with Gasteiger partial charge in [0.15, 0.2) is 0 Å². The van der Waals surface area contributed by atoms with Crippen molar-refractivity contribution in [2.75, 3.05) is 17.2 Å². The monoisotopic (exact) mass is 493 g/mol. The first kappa shape index (κ1) is 24.4. The largest absolute Gasteiger partial charge is 0.462 e. The van der Waals surface area contributed by atoms with E-state index in [-0.39, 0.29) is 17.6 Å². The van der Waals surface area contributed by atoms with E-state index in [0.29, 0.717) is 11.9 Å². The first-order valence-corrected chi connectivity index (χ1v) is 12.8. The zero-order valence-electron chi connectivity index (χ0n) is 21.0. The molecule has 0 amide bonds. The second-order valence-corrected chi connectivity index (χ2v) is 9.22. The minimum absolute atomic E-state index is 0.0615. The van der Waals surface area contributed by atoms with Gasteiger partial charge < -0.3 is 19.9 Å². The minimum atomic E-state index is -0.588. The molecule has 6 nitrogen and oxygen atoms in total. The predicted molar refractivity (Wildman–Crippen MR) is 150 cm³/mol. The molecule has 1 aromatic heterocycles. The van der Waals surface area contributed by atoms with Gasteiger partial charge in [0.1, 0.15) is 5.56 Å². The number of hydrogen-bond acceptors (Lipinski definition) is 5. The molecule has 6 heteroatoms. The van der Waals surface area contributed by atoms with Crippen molar-refractivity contribution in [2.24, 2.45) is 0 Å². The van der Waals surface area contributed by atoms with Crippen LogP contribution in [0.2, 0.25) is 0 Å². The number of nitrogens with one attached hydrogen (secondary N) is 2. The van der Waals surface area contributed by atoms with Crippen LogP contribution in [0, 0.1) is 0 Å². The third kappa shape index (κ3) is 5.75. The van der Waals surface area contributed by atoms with Crippen LogP contribution in [-0.2, 0) is 11.3 Å². The van der Waals surface area contributed by atoms with Crippen molar-refractivity contribution in [1.29, 1.82) is 0 Å². The molecular formula is C31H31N3O3. The van der Waals surface area contributed by atoms with Crippen LogP contribution in [0.15, 0.2) is 107 Å². The Bertz CT molecular complexity index is 1490. The normalized spacial score (nSPS) is 15.0. The van der Waals surface area contributed by atoms with E-state index in [1.807, 2.05) is 47.0 Å². The molecule has 2 aliphatic rings. The molecule has 0 saturated heterocycles. The summed E-state index contributed by atoms with van der Waals surface area (Å²) in [5.74, 6) is -0.588. The number of ether oxygens (including phenoxy) is 1. The Balaban J connectivity index is 1.48. The number of rotatable bonds is 8. The number of carbonyl (C=O) groups is 1. The van der Waals surface area contributed by atoms with Gasteiger partial charge in [-0.25, -0.2) is 4.79 Å². The van der Waals surface area contributed by atoms with E-state index in [4.69, 9.17) is 4.74 Å². The zero-order valence-corrected chi connectivity index (χ0v) is 21.0. The number of nitrogens with zero attached hydrogens (tertiary/aromatic N) is 1. The number of anilines is 2. The number of carbonyl (C=O) groups excluding carboxylic acids is 1. The Kier molecular flexibility index (Phi) is 7.36. The smallest absolute Gasteiger partial charge is 0.343 e. The molecule has 0 unspecified atom stereocenters. The highest BCUT2D eigenvalue weighted by atomic mass is 16.5. The fraction of sp³-hybridized carbons (Fsp3) is 0.226. The highest BCUT2D eigenvalue weighted by Gasteiger charge is 2.18. The summed E-state index contributed by atoms with van der Waals surface area (Å²) >= 11 is 0. The summed E-state index contributed by atoms with van der Waals surface area (Å²) in [5.41, 5.74) is 5.92. The van der Waals surface area contributed by atoms with E-state index in [9.17, 15) is 9.59 Å². The molecule has 0 spiro atoms. The fourth-order valence-corrected chi connectivity index (χ4v) is 4.67. The molecule has 0 fully saturated rings. The van der Waals surface area contributed by atoms with E-state index in [0.717, 1.165) is 54.0 Å². The quantitative estimate of drug-likeness (QED) is 0.349. The number of aromatic nitrogens is 1. The van der Waals surface area contributed by atoms with E-state index in [1.54, 1.807) is 19.2 Å². The summed E-state index contributed by atoms with van der Waals surface area (Å²) in [6, 6.07) is 15.8. The van der Waals surface area contributed by atoms with E-state index >= 15 is 0 Å². The van der Waals surface area contributed by atoms with Crippen molar-refractivity contribution in [1.82, 2.24) is 4.57 Å². The van der Waals surface area contributed by atoms with Crippen LogP contribution in [0.5, 0.6) is 0 Å². The standard InChI is InChI=1S/C31H31N3O3/c1-2-37-31(36)28-21-34(20-22-13-15-25(16-14-22)32-23-9-5-3-6-10-23)29-19-26(17-18-27(29)30(28)35)33-24-11-7-4-8-12-24/h3,5-7,9-13,15,17-19,21,32-33H,2,4,8,14,16,20H2,1H3. The molecule has 188 valence electrons. The highest BCUT2D eigenvalue weighted by molar-refractivity contribution is 5.94. The topological polar surface area (TPSA) is 72.4 Å². The molecule has 0 saturated carbocycles. The maximum Gasteiger partial charge on any atom is 0.343 e. The summed E-state index contributed by atoms with van der Waals surface area (Å²) in [6.07, 6.45) is 16.1. The molecule has 2 N–H and O–H groups in total. The highest BCUT2D eigenvalue weighted by Crippen LogP contribution is 2.25. The van der Waals surface area contributed by atoms with E-state index in [1.165, 1.54) is 5.57 Å². The molecule has 37 heavy (non-hydrogen) atoms. The summed E-state index contributed by atoms with van der Waals surface area (Å²) in [6.45, 7) is 2.53. The van der Waals surface area contributed by atoms with E-state index < -0.39 is 5.97 Å². The summed E-state index contributed by atoms with van der Waals surface area (Å²) < 4.78 is 7.18. The Morgan fingerprint density at radius 2 is 1.86 bits per heavy atom. The van der Waals surface area contributed by atoms with Gasteiger partial charge in [0.25, 0.3) is 0 Å². The Hall–Kier alpha value is -4.32. The lowest BCUT2D eigenvalue weighted by molar-refractivity contribution is 0.0524. The third-order valence-corrected chi connectivity index (χ3v) is 6.55. The zero-order chi connectivity index (χ0) is 25.6. The maximum atomic E-state index is 13.2. The third-order valence-electron chi connectivity index (χ3n) is 6.55. The lowest BCUT2D eigenvalue weighted by Crippen LogP contribution is -2.21. The summed E-state index contributed by atoms with van der Waals surface area (Å²) in [5, 5.41) is 7.42. The number of allylic oxidation sites excluding steroid dienone is 7. The van der Waals surface area contributed by atoms with Gasteiger partial charge >= 0.3 is 5.97 Å². The summed E-state index contributed by atoms with van der Waals surface area (Å²) in [4.78, 5) is 25.8. The number of esters is 1. The van der Waals surface area contributed by atoms with Gasteiger partial charge in [0.05, 0.1) is 12.1 Å². The van der Waals surface area contributed by atoms with Crippen molar-refractivity contribution in [3.05, 3.63) is 118 Å². The van der Waals surface area contributed by atoms with Gasteiger partial charge in [-0.05, 0) is 75.1 Å². The number of pyridine rings is 1. The molecule has 5 rings (SSSR count). The SMILES string of the molecule is CCOC(=O)c1cn(CC2=CC=C(Nc3ccccc3)CC2)c2cc(NC3=CCCC=C3)ccc2c1=O. The van der Waals surface area contributed by atoms with Gasteiger partial charge in [-0.3, -0.25) is 4.79 Å². The van der Waals surface area contributed by atoms with Crippen LogP contribution in [0.4, 0.5) is 11.4 Å². The Morgan fingerprint density at radius 1 is 1.00 bits per heavy atom. The molecule has 0 bridgehead atoms. The van der Waals surface area contributed by atoms with Gasteiger partial charge in [-0.1, -0.05) is 42.0 Å². The average Bonchev–Trinajstić information content (AvgIpc) is 2.92. The first-order chi connectivity index (χ1) is 18.1. The van der Waals surface area contributed by atoms with Crippen LogP contribution >= 0.6 is 0 Å². The van der Waals surface area contributed by atoms with Gasteiger partial charge in [0, 0.05) is 40.9 Å². The van der Waals surface area contributed by atoms with E-state index in [2.05, 4.69) is 41.0 Å².